The van der Waals surface area contributed by atoms with Crippen LogP contribution in [0.3, 0.4) is 0 Å². The predicted octanol–water partition coefficient (Wildman–Crippen LogP) is 2.28. The highest BCUT2D eigenvalue weighted by Crippen LogP contribution is 2.33. The molecule has 25 heavy (non-hydrogen) atoms. The Balaban J connectivity index is 1.92. The molecule has 1 aliphatic rings. The van der Waals surface area contributed by atoms with E-state index in [0.717, 1.165) is 15.6 Å². The number of hydrogen-bond acceptors (Lipinski definition) is 4. The molecule has 0 N–H and O–H groups in total. The summed E-state index contributed by atoms with van der Waals surface area (Å²) >= 11 is 0. The third-order valence-corrected chi connectivity index (χ3v) is 5.93. The maximum absolute atomic E-state index is 12.9. The molecule has 0 saturated heterocycles. The Morgan fingerprint density at radius 3 is 2.44 bits per heavy atom. The van der Waals surface area contributed by atoms with Crippen LogP contribution >= 0.6 is 0 Å². The van der Waals surface area contributed by atoms with Crippen LogP contribution in [0.5, 0.6) is 5.75 Å². The molecule has 3 rings (SSSR count). The zero-order valence-corrected chi connectivity index (χ0v) is 15.2. The molecule has 132 valence electrons. The average molecular weight is 360 g/mol. The first-order valence-corrected chi connectivity index (χ1v) is 9.32. The second kappa shape index (κ2) is 6.50. The smallest absolute Gasteiger partial charge is 0.258 e. The van der Waals surface area contributed by atoms with Gasteiger partial charge in [0.2, 0.25) is 10.0 Å². The van der Waals surface area contributed by atoms with E-state index in [1.165, 1.54) is 26.2 Å². The quantitative estimate of drug-likeness (QED) is 0.842. The van der Waals surface area contributed by atoms with Crippen molar-refractivity contribution in [2.75, 3.05) is 32.1 Å². The molecule has 0 spiro atoms. The van der Waals surface area contributed by atoms with E-state index >= 15 is 0 Å². The Morgan fingerprint density at radius 1 is 1.12 bits per heavy atom. The Hall–Kier alpha value is -2.38. The molecular formula is C18H20N2O4S. The van der Waals surface area contributed by atoms with Crippen molar-refractivity contribution >= 4 is 21.6 Å². The number of carbonyl (C=O) groups is 1. The molecule has 0 saturated carbocycles. The van der Waals surface area contributed by atoms with Crippen molar-refractivity contribution in [3.8, 4) is 5.75 Å². The number of nitrogens with zero attached hydrogens (tertiary/aromatic N) is 2. The largest absolute Gasteiger partial charge is 0.490 e. The van der Waals surface area contributed by atoms with E-state index in [-0.39, 0.29) is 10.8 Å². The van der Waals surface area contributed by atoms with E-state index in [2.05, 4.69) is 0 Å². The molecule has 7 heteroatoms. The average Bonchev–Trinajstić information content (AvgIpc) is 2.60. The van der Waals surface area contributed by atoms with E-state index in [0.29, 0.717) is 24.5 Å². The standard InChI is InChI=1S/C18H20N2O4S/c1-13-4-9-17-16(12-13)20(10-11-24-17)18(21)14-5-7-15(8-6-14)25(22,23)19(2)3/h4-9,12H,10-11H2,1-3H3. The number of sulfonamides is 1. The van der Waals surface area contributed by atoms with Crippen LogP contribution in [0.25, 0.3) is 0 Å². The molecule has 1 aliphatic heterocycles. The van der Waals surface area contributed by atoms with E-state index in [1.54, 1.807) is 17.0 Å². The van der Waals surface area contributed by atoms with Crippen LogP contribution in [0, 0.1) is 6.92 Å². The summed E-state index contributed by atoms with van der Waals surface area (Å²) in [5, 5.41) is 0. The first kappa shape index (κ1) is 17.4. The molecule has 0 atom stereocenters. The fourth-order valence-corrected chi connectivity index (χ4v) is 3.58. The fraction of sp³-hybridized carbons (Fsp3) is 0.278. The van der Waals surface area contributed by atoms with Gasteiger partial charge in [0.05, 0.1) is 17.1 Å². The van der Waals surface area contributed by atoms with Gasteiger partial charge in [-0.1, -0.05) is 6.07 Å². The molecule has 0 unspecified atom stereocenters. The van der Waals surface area contributed by atoms with Crippen molar-refractivity contribution in [3.05, 3.63) is 53.6 Å². The predicted molar refractivity (Wildman–Crippen MR) is 95.7 cm³/mol. The molecule has 0 aromatic heterocycles. The zero-order chi connectivity index (χ0) is 18.2. The van der Waals surface area contributed by atoms with E-state index < -0.39 is 10.0 Å². The van der Waals surface area contributed by atoms with Gasteiger partial charge in [0.25, 0.3) is 5.91 Å². The first-order chi connectivity index (χ1) is 11.8. The SMILES string of the molecule is Cc1ccc2c(c1)N(C(=O)c1ccc(S(=O)(=O)N(C)C)cc1)CCO2. The molecule has 6 nitrogen and oxygen atoms in total. The number of amides is 1. The topological polar surface area (TPSA) is 66.9 Å². The van der Waals surface area contributed by atoms with Gasteiger partial charge in [0.1, 0.15) is 12.4 Å². The summed E-state index contributed by atoms with van der Waals surface area (Å²) in [4.78, 5) is 14.7. The van der Waals surface area contributed by atoms with Crippen LogP contribution in [0.4, 0.5) is 5.69 Å². The summed E-state index contributed by atoms with van der Waals surface area (Å²) in [5.41, 5.74) is 2.21. The van der Waals surface area contributed by atoms with Gasteiger partial charge in [0, 0.05) is 19.7 Å². The zero-order valence-electron chi connectivity index (χ0n) is 14.4. The van der Waals surface area contributed by atoms with Crippen LogP contribution < -0.4 is 9.64 Å². The first-order valence-electron chi connectivity index (χ1n) is 7.88. The monoisotopic (exact) mass is 360 g/mol. The maximum atomic E-state index is 12.9. The fourth-order valence-electron chi connectivity index (χ4n) is 2.67. The molecule has 1 heterocycles. The number of benzene rings is 2. The summed E-state index contributed by atoms with van der Waals surface area (Å²) in [6, 6.07) is 11.7. The van der Waals surface area contributed by atoms with Gasteiger partial charge in [0.15, 0.2) is 0 Å². The molecular weight excluding hydrogens is 340 g/mol. The Labute approximate surface area is 147 Å². The molecule has 0 fully saturated rings. The number of ether oxygens (including phenoxy) is 1. The van der Waals surface area contributed by atoms with Crippen LogP contribution in [0.1, 0.15) is 15.9 Å². The van der Waals surface area contributed by atoms with Crippen LogP contribution in [0.15, 0.2) is 47.4 Å². The molecule has 0 aliphatic carbocycles. The van der Waals surface area contributed by atoms with Gasteiger partial charge in [-0.25, -0.2) is 12.7 Å². The lowest BCUT2D eigenvalue weighted by Crippen LogP contribution is -2.38. The van der Waals surface area contributed by atoms with Gasteiger partial charge >= 0.3 is 0 Å². The number of rotatable bonds is 3. The lowest BCUT2D eigenvalue weighted by Gasteiger charge is -2.30. The second-order valence-electron chi connectivity index (χ2n) is 6.09. The minimum atomic E-state index is -3.51. The minimum Gasteiger partial charge on any atom is -0.490 e. The van der Waals surface area contributed by atoms with Gasteiger partial charge in [-0.3, -0.25) is 4.79 Å². The highest BCUT2D eigenvalue weighted by molar-refractivity contribution is 7.89. The molecule has 2 aromatic carbocycles. The van der Waals surface area contributed by atoms with Crippen molar-refractivity contribution in [3.63, 3.8) is 0 Å². The number of anilines is 1. The van der Waals surface area contributed by atoms with Crippen molar-refractivity contribution in [1.29, 1.82) is 0 Å². The van der Waals surface area contributed by atoms with Crippen LogP contribution in [-0.2, 0) is 10.0 Å². The Kier molecular flexibility index (Phi) is 4.53. The summed E-state index contributed by atoms with van der Waals surface area (Å²) in [7, 11) is -0.563. The van der Waals surface area contributed by atoms with Gasteiger partial charge in [-0.2, -0.15) is 0 Å². The Morgan fingerprint density at radius 2 is 1.80 bits per heavy atom. The summed E-state index contributed by atoms with van der Waals surface area (Å²) in [5.74, 6) is 0.501. The third kappa shape index (κ3) is 3.25. The van der Waals surface area contributed by atoms with Gasteiger partial charge < -0.3 is 9.64 Å². The van der Waals surface area contributed by atoms with Crippen molar-refractivity contribution in [2.45, 2.75) is 11.8 Å². The number of fused-ring (bicyclic) bond motifs is 1. The third-order valence-electron chi connectivity index (χ3n) is 4.10. The molecule has 0 bridgehead atoms. The van der Waals surface area contributed by atoms with Crippen LogP contribution in [0.2, 0.25) is 0 Å². The van der Waals surface area contributed by atoms with Gasteiger partial charge in [-0.05, 0) is 48.9 Å². The van der Waals surface area contributed by atoms with Gasteiger partial charge in [-0.15, -0.1) is 0 Å². The summed E-state index contributed by atoms with van der Waals surface area (Å²) < 4.78 is 31.0. The number of aryl methyl sites for hydroxylation is 1. The van der Waals surface area contributed by atoms with Crippen molar-refractivity contribution < 1.29 is 17.9 Å². The number of hydrogen-bond donors (Lipinski definition) is 0. The van der Waals surface area contributed by atoms with E-state index in [4.69, 9.17) is 4.74 Å². The Bertz CT molecular complexity index is 905. The summed E-state index contributed by atoms with van der Waals surface area (Å²) in [6.45, 7) is 2.83. The van der Waals surface area contributed by atoms with Crippen molar-refractivity contribution in [2.24, 2.45) is 0 Å². The normalized spacial score (nSPS) is 14.2. The second-order valence-corrected chi connectivity index (χ2v) is 8.24. The van der Waals surface area contributed by atoms with E-state index in [1.807, 2.05) is 25.1 Å². The minimum absolute atomic E-state index is 0.160. The molecule has 0 radical (unpaired) electrons. The highest BCUT2D eigenvalue weighted by Gasteiger charge is 2.25. The number of carbonyl (C=O) groups excluding carboxylic acids is 1. The maximum Gasteiger partial charge on any atom is 0.258 e. The lowest BCUT2D eigenvalue weighted by atomic mass is 10.1. The summed E-state index contributed by atoms with van der Waals surface area (Å²) in [6.07, 6.45) is 0. The van der Waals surface area contributed by atoms with E-state index in [9.17, 15) is 13.2 Å². The highest BCUT2D eigenvalue weighted by atomic mass is 32.2. The molecule has 1 amide bonds. The van der Waals surface area contributed by atoms with Crippen molar-refractivity contribution in [1.82, 2.24) is 4.31 Å². The van der Waals surface area contributed by atoms with Crippen LogP contribution in [-0.4, -0.2) is 45.9 Å². The molecule has 2 aromatic rings. The lowest BCUT2D eigenvalue weighted by molar-refractivity contribution is 0.0976.